The summed E-state index contributed by atoms with van der Waals surface area (Å²) in [6, 6.07) is 7.71. The van der Waals surface area contributed by atoms with Crippen molar-refractivity contribution in [3.05, 3.63) is 36.9 Å². The standard InChI is InChI=1S/C16H23NO3/c1-4-10-17(11-9-16(18)19)14-5-7-15(8-6-14)20-12-13(2)3/h4-8,13H,1,9-12H2,2-3H3,(H,18,19). The van der Waals surface area contributed by atoms with Gasteiger partial charge in [-0.1, -0.05) is 19.9 Å². The van der Waals surface area contributed by atoms with E-state index in [4.69, 9.17) is 9.84 Å². The van der Waals surface area contributed by atoms with Gasteiger partial charge < -0.3 is 14.7 Å². The second-order valence-electron chi connectivity index (χ2n) is 5.08. The van der Waals surface area contributed by atoms with E-state index in [1.807, 2.05) is 29.2 Å². The van der Waals surface area contributed by atoms with Crippen LogP contribution in [0.25, 0.3) is 0 Å². The molecule has 1 aromatic rings. The van der Waals surface area contributed by atoms with Crippen LogP contribution in [0.15, 0.2) is 36.9 Å². The highest BCUT2D eigenvalue weighted by molar-refractivity contribution is 5.67. The number of rotatable bonds is 9. The molecule has 0 aliphatic heterocycles. The van der Waals surface area contributed by atoms with E-state index in [0.717, 1.165) is 11.4 Å². The zero-order valence-electron chi connectivity index (χ0n) is 12.2. The molecule has 110 valence electrons. The van der Waals surface area contributed by atoms with Crippen LogP contribution in [0.4, 0.5) is 5.69 Å². The predicted octanol–water partition coefficient (Wildman–Crippen LogP) is 3.19. The molecule has 0 heterocycles. The Balaban J connectivity index is 2.66. The Kier molecular flexibility index (Phi) is 6.64. The van der Waals surface area contributed by atoms with Crippen molar-refractivity contribution in [1.29, 1.82) is 0 Å². The minimum atomic E-state index is -0.795. The Morgan fingerprint density at radius 3 is 2.55 bits per heavy atom. The molecule has 1 rings (SSSR count). The minimum absolute atomic E-state index is 0.111. The average Bonchev–Trinajstić information content (AvgIpc) is 2.41. The van der Waals surface area contributed by atoms with Crippen molar-refractivity contribution in [2.24, 2.45) is 5.92 Å². The molecule has 1 aromatic carbocycles. The fourth-order valence-electron chi connectivity index (χ4n) is 1.73. The summed E-state index contributed by atoms with van der Waals surface area (Å²) in [4.78, 5) is 12.6. The molecule has 4 heteroatoms. The van der Waals surface area contributed by atoms with Crippen molar-refractivity contribution in [3.8, 4) is 5.75 Å². The summed E-state index contributed by atoms with van der Waals surface area (Å²) in [7, 11) is 0. The molecule has 0 radical (unpaired) electrons. The van der Waals surface area contributed by atoms with E-state index in [1.54, 1.807) is 6.08 Å². The van der Waals surface area contributed by atoms with Crippen LogP contribution in [-0.2, 0) is 4.79 Å². The minimum Gasteiger partial charge on any atom is -0.493 e. The maximum atomic E-state index is 10.7. The van der Waals surface area contributed by atoms with E-state index >= 15 is 0 Å². The number of ether oxygens (including phenoxy) is 1. The van der Waals surface area contributed by atoms with Gasteiger partial charge in [-0.3, -0.25) is 4.79 Å². The van der Waals surface area contributed by atoms with E-state index in [2.05, 4.69) is 20.4 Å². The van der Waals surface area contributed by atoms with Crippen molar-refractivity contribution < 1.29 is 14.6 Å². The lowest BCUT2D eigenvalue weighted by molar-refractivity contribution is -0.136. The third-order valence-electron chi connectivity index (χ3n) is 2.73. The van der Waals surface area contributed by atoms with Gasteiger partial charge in [-0.2, -0.15) is 0 Å². The van der Waals surface area contributed by atoms with Gasteiger partial charge in [-0.15, -0.1) is 6.58 Å². The maximum Gasteiger partial charge on any atom is 0.305 e. The van der Waals surface area contributed by atoms with Gasteiger partial charge in [0, 0.05) is 18.8 Å². The molecule has 0 atom stereocenters. The third-order valence-corrected chi connectivity index (χ3v) is 2.73. The molecule has 0 saturated heterocycles. The number of benzene rings is 1. The molecule has 0 bridgehead atoms. The van der Waals surface area contributed by atoms with Gasteiger partial charge in [-0.25, -0.2) is 0 Å². The van der Waals surface area contributed by atoms with Crippen LogP contribution < -0.4 is 9.64 Å². The molecule has 0 aliphatic carbocycles. The molecule has 0 spiro atoms. The van der Waals surface area contributed by atoms with Crippen LogP contribution in [0.3, 0.4) is 0 Å². The number of nitrogens with zero attached hydrogens (tertiary/aromatic N) is 1. The van der Waals surface area contributed by atoms with Gasteiger partial charge in [0.1, 0.15) is 5.75 Å². The summed E-state index contributed by atoms with van der Waals surface area (Å²) in [6.45, 7) is 9.69. The number of hydrogen-bond acceptors (Lipinski definition) is 3. The molecule has 0 fully saturated rings. The number of aliphatic carboxylic acids is 1. The van der Waals surface area contributed by atoms with E-state index in [1.165, 1.54) is 0 Å². The Labute approximate surface area is 120 Å². The lowest BCUT2D eigenvalue weighted by Crippen LogP contribution is -2.26. The van der Waals surface area contributed by atoms with Gasteiger partial charge >= 0.3 is 5.97 Å². The monoisotopic (exact) mass is 277 g/mol. The highest BCUT2D eigenvalue weighted by Gasteiger charge is 2.07. The number of carboxylic acids is 1. The smallest absolute Gasteiger partial charge is 0.305 e. The van der Waals surface area contributed by atoms with Crippen LogP contribution in [0.1, 0.15) is 20.3 Å². The molecular weight excluding hydrogens is 254 g/mol. The molecule has 1 N–H and O–H groups in total. The van der Waals surface area contributed by atoms with E-state index in [9.17, 15) is 4.79 Å². The molecule has 0 unspecified atom stereocenters. The molecule has 0 amide bonds. The van der Waals surface area contributed by atoms with Crippen molar-refractivity contribution in [2.75, 3.05) is 24.6 Å². The molecule has 0 aromatic heterocycles. The molecular formula is C16H23NO3. The van der Waals surface area contributed by atoms with Gasteiger partial charge in [-0.05, 0) is 30.2 Å². The highest BCUT2D eigenvalue weighted by Crippen LogP contribution is 2.20. The Bertz CT molecular complexity index is 426. The van der Waals surface area contributed by atoms with Gasteiger partial charge in [0.2, 0.25) is 0 Å². The van der Waals surface area contributed by atoms with Crippen molar-refractivity contribution >= 4 is 11.7 Å². The normalized spacial score (nSPS) is 10.3. The van der Waals surface area contributed by atoms with Gasteiger partial charge in [0.15, 0.2) is 0 Å². The lowest BCUT2D eigenvalue weighted by Gasteiger charge is -2.22. The first-order valence-corrected chi connectivity index (χ1v) is 6.83. The number of carboxylic acid groups (broad SMARTS) is 1. The SMILES string of the molecule is C=CCN(CCC(=O)O)c1ccc(OCC(C)C)cc1. The van der Waals surface area contributed by atoms with Crippen molar-refractivity contribution in [2.45, 2.75) is 20.3 Å². The zero-order chi connectivity index (χ0) is 15.0. The number of carbonyl (C=O) groups is 1. The zero-order valence-corrected chi connectivity index (χ0v) is 12.2. The summed E-state index contributed by atoms with van der Waals surface area (Å²) in [5, 5.41) is 8.77. The first-order chi connectivity index (χ1) is 9.52. The summed E-state index contributed by atoms with van der Waals surface area (Å²) in [5.74, 6) is 0.526. The molecule has 20 heavy (non-hydrogen) atoms. The maximum absolute atomic E-state index is 10.7. The second-order valence-corrected chi connectivity index (χ2v) is 5.08. The Morgan fingerprint density at radius 1 is 1.40 bits per heavy atom. The first-order valence-electron chi connectivity index (χ1n) is 6.83. The fraction of sp³-hybridized carbons (Fsp3) is 0.438. The van der Waals surface area contributed by atoms with Gasteiger partial charge in [0.05, 0.1) is 13.0 Å². The van der Waals surface area contributed by atoms with E-state index < -0.39 is 5.97 Å². The van der Waals surface area contributed by atoms with Crippen molar-refractivity contribution in [1.82, 2.24) is 0 Å². The van der Waals surface area contributed by atoms with Crippen molar-refractivity contribution in [3.63, 3.8) is 0 Å². The van der Waals surface area contributed by atoms with Crippen LogP contribution in [-0.4, -0.2) is 30.8 Å². The highest BCUT2D eigenvalue weighted by atomic mass is 16.5. The molecule has 0 saturated carbocycles. The molecule has 0 aliphatic rings. The van der Waals surface area contributed by atoms with Crippen LogP contribution in [0, 0.1) is 5.92 Å². The largest absolute Gasteiger partial charge is 0.493 e. The van der Waals surface area contributed by atoms with Crippen LogP contribution in [0.2, 0.25) is 0 Å². The van der Waals surface area contributed by atoms with E-state index in [0.29, 0.717) is 25.6 Å². The first kappa shape index (κ1) is 16.1. The Hall–Kier alpha value is -1.97. The Morgan fingerprint density at radius 2 is 2.05 bits per heavy atom. The fourth-order valence-corrected chi connectivity index (χ4v) is 1.73. The average molecular weight is 277 g/mol. The summed E-state index contributed by atoms with van der Waals surface area (Å²) in [6.07, 6.45) is 1.88. The summed E-state index contributed by atoms with van der Waals surface area (Å²) >= 11 is 0. The van der Waals surface area contributed by atoms with E-state index in [-0.39, 0.29) is 6.42 Å². The summed E-state index contributed by atoms with van der Waals surface area (Å²) in [5.41, 5.74) is 0.975. The lowest BCUT2D eigenvalue weighted by atomic mass is 10.2. The topological polar surface area (TPSA) is 49.8 Å². The van der Waals surface area contributed by atoms with Gasteiger partial charge in [0.25, 0.3) is 0 Å². The quantitative estimate of drug-likeness (QED) is 0.704. The number of anilines is 1. The number of hydrogen-bond donors (Lipinski definition) is 1. The molecule has 4 nitrogen and oxygen atoms in total. The van der Waals surface area contributed by atoms with Crippen LogP contribution in [0.5, 0.6) is 5.75 Å². The summed E-state index contributed by atoms with van der Waals surface area (Å²) < 4.78 is 5.63. The third kappa shape index (κ3) is 5.78. The van der Waals surface area contributed by atoms with Crippen LogP contribution >= 0.6 is 0 Å². The second kappa shape index (κ2) is 8.25. The predicted molar refractivity (Wildman–Crippen MR) is 81.4 cm³/mol.